The van der Waals surface area contributed by atoms with Crippen LogP contribution >= 0.6 is 0 Å². The van der Waals surface area contributed by atoms with E-state index in [1.54, 1.807) is 0 Å². The van der Waals surface area contributed by atoms with Gasteiger partial charge in [0.1, 0.15) is 0 Å². The first kappa shape index (κ1) is 11.2. The van der Waals surface area contributed by atoms with Gasteiger partial charge in [0.05, 0.1) is 11.2 Å². The second-order valence-corrected chi connectivity index (χ2v) is 5.81. The molecule has 1 aliphatic carbocycles. The monoisotopic (exact) mass is 208 g/mol. The molecule has 0 aromatic carbocycles. The van der Waals surface area contributed by atoms with Crippen molar-refractivity contribution in [2.75, 3.05) is 0 Å². The van der Waals surface area contributed by atoms with Crippen LogP contribution in [0.5, 0.6) is 0 Å². The molecule has 1 saturated carbocycles. The minimum Gasteiger partial charge on any atom is -0.400 e. The molecular weight excluding hydrogens is 187 g/mol. The van der Waals surface area contributed by atoms with E-state index in [4.69, 9.17) is 9.31 Å². The lowest BCUT2D eigenvalue weighted by atomic mass is 9.86. The van der Waals surface area contributed by atoms with E-state index in [-0.39, 0.29) is 18.3 Å². The molecule has 1 heterocycles. The van der Waals surface area contributed by atoms with Gasteiger partial charge in [-0.25, -0.2) is 0 Å². The van der Waals surface area contributed by atoms with Crippen LogP contribution in [0, 0.1) is 5.92 Å². The molecular formula is C12H21BO2. The highest BCUT2D eigenvalue weighted by atomic mass is 16.7. The lowest BCUT2D eigenvalue weighted by molar-refractivity contribution is 0.00578. The Bertz CT molecular complexity index is 274. The molecule has 0 atom stereocenters. The maximum absolute atomic E-state index is 5.91. The summed E-state index contributed by atoms with van der Waals surface area (Å²) in [5, 5.41) is 0. The third-order valence-electron chi connectivity index (χ3n) is 3.89. The quantitative estimate of drug-likeness (QED) is 0.649. The van der Waals surface area contributed by atoms with Crippen LogP contribution in [0.1, 0.15) is 47.5 Å². The fourth-order valence-electron chi connectivity index (χ4n) is 1.85. The molecule has 0 N–H and O–H groups in total. The van der Waals surface area contributed by atoms with E-state index < -0.39 is 0 Å². The van der Waals surface area contributed by atoms with Crippen molar-refractivity contribution in [3.05, 3.63) is 11.5 Å². The maximum Gasteiger partial charge on any atom is 0.487 e. The van der Waals surface area contributed by atoms with Gasteiger partial charge in [-0.3, -0.25) is 0 Å². The van der Waals surface area contributed by atoms with Crippen molar-refractivity contribution in [1.82, 2.24) is 0 Å². The molecule has 84 valence electrons. The zero-order valence-electron chi connectivity index (χ0n) is 10.5. The number of allylic oxidation sites excluding steroid dienone is 1. The third-order valence-corrected chi connectivity index (χ3v) is 3.89. The minimum atomic E-state index is -0.210. The summed E-state index contributed by atoms with van der Waals surface area (Å²) in [5.74, 6) is 2.94. The molecule has 3 heteroatoms. The molecule has 2 fully saturated rings. The summed E-state index contributed by atoms with van der Waals surface area (Å²) >= 11 is 0. The van der Waals surface area contributed by atoms with E-state index in [0.717, 1.165) is 5.92 Å². The molecule has 2 aliphatic rings. The summed E-state index contributed by atoms with van der Waals surface area (Å²) in [6.45, 7) is 10.5. The molecule has 0 spiro atoms. The Hall–Kier alpha value is -0.275. The highest BCUT2D eigenvalue weighted by Crippen LogP contribution is 2.40. The van der Waals surface area contributed by atoms with Gasteiger partial charge < -0.3 is 9.31 Å². The largest absolute Gasteiger partial charge is 0.487 e. The Morgan fingerprint density at radius 1 is 1.13 bits per heavy atom. The summed E-state index contributed by atoms with van der Waals surface area (Å²) in [6.07, 6.45) is 2.67. The Kier molecular flexibility index (Phi) is 2.51. The van der Waals surface area contributed by atoms with Gasteiger partial charge in [-0.15, -0.1) is 0 Å². The summed E-state index contributed by atoms with van der Waals surface area (Å²) in [7, 11) is -0.157. The summed E-state index contributed by atoms with van der Waals surface area (Å²) < 4.78 is 11.8. The number of hydrogen-bond acceptors (Lipinski definition) is 2. The van der Waals surface area contributed by atoms with Crippen molar-refractivity contribution in [1.29, 1.82) is 0 Å². The fraction of sp³-hybridized carbons (Fsp3) is 0.833. The third kappa shape index (κ3) is 2.14. The Labute approximate surface area is 93.2 Å². The van der Waals surface area contributed by atoms with Crippen LogP contribution < -0.4 is 0 Å². The molecule has 0 radical (unpaired) electrons. The van der Waals surface area contributed by atoms with Crippen LogP contribution in [0.4, 0.5) is 0 Å². The van der Waals surface area contributed by atoms with Gasteiger partial charge >= 0.3 is 7.12 Å². The van der Waals surface area contributed by atoms with E-state index in [2.05, 4.69) is 40.6 Å². The Balaban J connectivity index is 2.05. The van der Waals surface area contributed by atoms with Gasteiger partial charge in [0.25, 0.3) is 0 Å². The predicted octanol–water partition coefficient (Wildman–Crippen LogP) is 2.97. The molecule has 0 unspecified atom stereocenters. The topological polar surface area (TPSA) is 18.5 Å². The van der Waals surface area contributed by atoms with Gasteiger partial charge in [0.2, 0.25) is 0 Å². The lowest BCUT2D eigenvalue weighted by Gasteiger charge is -2.32. The standard InChI is InChI=1S/C12H21BO2/c1-9(10-6-7-10)8-13-14-11(2,3)12(4,5)15-13/h8,10H,6-7H2,1-5H3/b9-8-. The summed E-state index contributed by atoms with van der Waals surface area (Å²) in [4.78, 5) is 0. The predicted molar refractivity (Wildman–Crippen MR) is 62.6 cm³/mol. The Morgan fingerprint density at radius 3 is 2.00 bits per heavy atom. The molecule has 0 amide bonds. The van der Waals surface area contributed by atoms with E-state index >= 15 is 0 Å². The van der Waals surface area contributed by atoms with Crippen molar-refractivity contribution in [3.8, 4) is 0 Å². The first-order valence-electron chi connectivity index (χ1n) is 5.86. The second kappa shape index (κ2) is 3.36. The zero-order valence-corrected chi connectivity index (χ0v) is 10.5. The van der Waals surface area contributed by atoms with Crippen molar-refractivity contribution in [2.24, 2.45) is 5.92 Å². The highest BCUT2D eigenvalue weighted by Gasteiger charge is 2.50. The van der Waals surface area contributed by atoms with Crippen LogP contribution in [-0.4, -0.2) is 18.3 Å². The number of rotatable bonds is 2. The summed E-state index contributed by atoms with van der Waals surface area (Å²) in [5.41, 5.74) is 1.00. The smallest absolute Gasteiger partial charge is 0.400 e. The molecule has 1 saturated heterocycles. The molecule has 2 rings (SSSR count). The average molecular weight is 208 g/mol. The lowest BCUT2D eigenvalue weighted by Crippen LogP contribution is -2.41. The van der Waals surface area contributed by atoms with Gasteiger partial charge in [0, 0.05) is 0 Å². The summed E-state index contributed by atoms with van der Waals surface area (Å²) in [6, 6.07) is 0. The molecule has 1 aliphatic heterocycles. The molecule has 0 aromatic heterocycles. The van der Waals surface area contributed by atoms with Crippen LogP contribution in [-0.2, 0) is 9.31 Å². The van der Waals surface area contributed by atoms with E-state index in [0.29, 0.717) is 0 Å². The van der Waals surface area contributed by atoms with Gasteiger partial charge in [0.15, 0.2) is 0 Å². The maximum atomic E-state index is 5.91. The van der Waals surface area contributed by atoms with Crippen LogP contribution in [0.15, 0.2) is 11.5 Å². The molecule has 15 heavy (non-hydrogen) atoms. The first-order chi connectivity index (χ1) is 6.82. The van der Waals surface area contributed by atoms with Crippen molar-refractivity contribution >= 4 is 7.12 Å². The molecule has 2 nitrogen and oxygen atoms in total. The fourth-order valence-corrected chi connectivity index (χ4v) is 1.85. The molecule has 0 bridgehead atoms. The van der Waals surface area contributed by atoms with Crippen LogP contribution in [0.25, 0.3) is 0 Å². The second-order valence-electron chi connectivity index (χ2n) is 5.81. The van der Waals surface area contributed by atoms with Crippen LogP contribution in [0.2, 0.25) is 0 Å². The molecule has 0 aromatic rings. The van der Waals surface area contributed by atoms with Crippen molar-refractivity contribution < 1.29 is 9.31 Å². The van der Waals surface area contributed by atoms with E-state index in [1.807, 2.05) is 0 Å². The Morgan fingerprint density at radius 2 is 1.60 bits per heavy atom. The zero-order chi connectivity index (χ0) is 11.3. The number of hydrogen-bond donors (Lipinski definition) is 0. The van der Waals surface area contributed by atoms with Crippen molar-refractivity contribution in [3.63, 3.8) is 0 Å². The first-order valence-corrected chi connectivity index (χ1v) is 5.86. The van der Waals surface area contributed by atoms with Crippen LogP contribution in [0.3, 0.4) is 0 Å². The minimum absolute atomic E-state index is 0.157. The normalized spacial score (nSPS) is 29.7. The average Bonchev–Trinajstić information content (AvgIpc) is 2.79. The van der Waals surface area contributed by atoms with Crippen molar-refractivity contribution in [2.45, 2.75) is 58.7 Å². The van der Waals surface area contributed by atoms with E-state index in [9.17, 15) is 0 Å². The van der Waals surface area contributed by atoms with Gasteiger partial charge in [-0.2, -0.15) is 0 Å². The SMILES string of the molecule is C/C(=C/B1OC(C)(C)C(C)(C)O1)C1CC1. The van der Waals surface area contributed by atoms with Gasteiger partial charge in [-0.05, 0) is 53.4 Å². The van der Waals surface area contributed by atoms with E-state index in [1.165, 1.54) is 18.4 Å². The highest BCUT2D eigenvalue weighted by molar-refractivity contribution is 6.51. The van der Waals surface area contributed by atoms with Gasteiger partial charge in [-0.1, -0.05) is 11.5 Å².